The van der Waals surface area contributed by atoms with Crippen molar-refractivity contribution in [2.24, 2.45) is 10.7 Å². The molecule has 2 amide bonds. The second-order valence-corrected chi connectivity index (χ2v) is 7.65. The standard InChI is InChI=1S/C23H28FN5O2/c1-2-26-22(29-15-23(11-12-23)18-5-3-4-6-19(18)24)28-13-16-7-9-17(10-8-16)21(31)27-14-20(25)30/h3-10H,2,11-15H2,1H3,(H2,25,30)(H,27,31)(H2,26,28,29). The molecule has 0 radical (unpaired) electrons. The molecule has 31 heavy (non-hydrogen) atoms. The van der Waals surface area contributed by atoms with Gasteiger partial charge in [-0.3, -0.25) is 9.59 Å². The molecule has 1 aliphatic rings. The molecule has 3 rings (SSSR count). The van der Waals surface area contributed by atoms with Crippen LogP contribution in [0.4, 0.5) is 4.39 Å². The van der Waals surface area contributed by atoms with Crippen LogP contribution in [0.1, 0.15) is 41.3 Å². The van der Waals surface area contributed by atoms with E-state index < -0.39 is 5.91 Å². The maximum atomic E-state index is 14.2. The number of nitrogens with two attached hydrogens (primary N) is 1. The Morgan fingerprint density at radius 2 is 1.77 bits per heavy atom. The first kappa shape index (κ1) is 22.3. The molecule has 0 aliphatic heterocycles. The Morgan fingerprint density at radius 1 is 1.06 bits per heavy atom. The number of benzene rings is 2. The molecule has 0 bridgehead atoms. The van der Waals surface area contributed by atoms with E-state index in [2.05, 4.69) is 20.9 Å². The third-order valence-corrected chi connectivity index (χ3v) is 5.30. The number of nitrogens with one attached hydrogen (secondary N) is 3. The van der Waals surface area contributed by atoms with Crippen LogP contribution in [0.25, 0.3) is 0 Å². The molecule has 2 aromatic rings. The van der Waals surface area contributed by atoms with Crippen molar-refractivity contribution in [3.8, 4) is 0 Å². The van der Waals surface area contributed by atoms with Crippen molar-refractivity contribution in [1.82, 2.24) is 16.0 Å². The minimum atomic E-state index is -0.592. The van der Waals surface area contributed by atoms with E-state index >= 15 is 0 Å². The van der Waals surface area contributed by atoms with E-state index in [1.807, 2.05) is 31.2 Å². The summed E-state index contributed by atoms with van der Waals surface area (Å²) in [5.74, 6) is -0.449. The summed E-state index contributed by atoms with van der Waals surface area (Å²) in [5.41, 5.74) is 6.98. The van der Waals surface area contributed by atoms with Gasteiger partial charge in [-0.15, -0.1) is 0 Å². The summed E-state index contributed by atoms with van der Waals surface area (Å²) in [6, 6.07) is 13.9. The predicted molar refractivity (Wildman–Crippen MR) is 118 cm³/mol. The zero-order valence-corrected chi connectivity index (χ0v) is 17.6. The number of guanidine groups is 1. The lowest BCUT2D eigenvalue weighted by Crippen LogP contribution is -2.41. The molecule has 1 saturated carbocycles. The van der Waals surface area contributed by atoms with Crippen molar-refractivity contribution in [2.75, 3.05) is 19.6 Å². The molecule has 164 valence electrons. The minimum Gasteiger partial charge on any atom is -0.368 e. The highest BCUT2D eigenvalue weighted by Gasteiger charge is 2.45. The van der Waals surface area contributed by atoms with Crippen molar-refractivity contribution in [3.63, 3.8) is 0 Å². The SMILES string of the molecule is CCNC(=NCc1ccc(C(=O)NCC(N)=O)cc1)NCC1(c2ccccc2F)CC1. The van der Waals surface area contributed by atoms with Crippen LogP contribution in [0.2, 0.25) is 0 Å². The average Bonchev–Trinajstić information content (AvgIpc) is 3.55. The van der Waals surface area contributed by atoms with Gasteiger partial charge in [0.2, 0.25) is 5.91 Å². The zero-order valence-electron chi connectivity index (χ0n) is 17.6. The molecule has 0 spiro atoms. The largest absolute Gasteiger partial charge is 0.368 e. The highest BCUT2D eigenvalue weighted by Crippen LogP contribution is 2.48. The monoisotopic (exact) mass is 425 g/mol. The lowest BCUT2D eigenvalue weighted by Gasteiger charge is -2.19. The Bertz CT molecular complexity index is 955. The van der Waals surface area contributed by atoms with E-state index in [0.717, 1.165) is 24.0 Å². The topological polar surface area (TPSA) is 109 Å². The highest BCUT2D eigenvalue weighted by molar-refractivity contribution is 5.96. The molecule has 1 fully saturated rings. The normalized spacial score (nSPS) is 14.6. The molecule has 0 saturated heterocycles. The number of hydrogen-bond acceptors (Lipinski definition) is 3. The fraction of sp³-hybridized carbons (Fsp3) is 0.348. The third kappa shape index (κ3) is 6.04. The van der Waals surface area contributed by atoms with Crippen LogP contribution >= 0.6 is 0 Å². The average molecular weight is 426 g/mol. The van der Waals surface area contributed by atoms with Gasteiger partial charge in [-0.2, -0.15) is 0 Å². The van der Waals surface area contributed by atoms with Crippen molar-refractivity contribution in [3.05, 3.63) is 71.0 Å². The summed E-state index contributed by atoms with van der Waals surface area (Å²) in [6.07, 6.45) is 1.89. The number of aliphatic imine (C=N–C) groups is 1. The van der Waals surface area contributed by atoms with E-state index in [-0.39, 0.29) is 23.7 Å². The van der Waals surface area contributed by atoms with Crippen molar-refractivity contribution >= 4 is 17.8 Å². The summed E-state index contributed by atoms with van der Waals surface area (Å²) in [6.45, 7) is 3.53. The maximum absolute atomic E-state index is 14.2. The van der Waals surface area contributed by atoms with Crippen LogP contribution in [0, 0.1) is 5.82 Å². The third-order valence-electron chi connectivity index (χ3n) is 5.30. The van der Waals surface area contributed by atoms with Crippen LogP contribution in [0.3, 0.4) is 0 Å². The number of primary amides is 1. The number of amides is 2. The Labute approximate surface area is 181 Å². The summed E-state index contributed by atoms with van der Waals surface area (Å²) in [4.78, 5) is 27.3. The number of carbonyl (C=O) groups excluding carboxylic acids is 2. The first-order valence-electron chi connectivity index (χ1n) is 10.4. The summed E-state index contributed by atoms with van der Waals surface area (Å²) >= 11 is 0. The smallest absolute Gasteiger partial charge is 0.251 e. The summed E-state index contributed by atoms with van der Waals surface area (Å²) < 4.78 is 14.2. The summed E-state index contributed by atoms with van der Waals surface area (Å²) in [5, 5.41) is 9.01. The van der Waals surface area contributed by atoms with Crippen molar-refractivity contribution < 1.29 is 14.0 Å². The van der Waals surface area contributed by atoms with Crippen molar-refractivity contribution in [2.45, 2.75) is 31.7 Å². The summed E-state index contributed by atoms with van der Waals surface area (Å²) in [7, 11) is 0. The molecule has 0 atom stereocenters. The van der Waals surface area contributed by atoms with Gasteiger partial charge >= 0.3 is 0 Å². The molecule has 0 heterocycles. The molecule has 7 nitrogen and oxygen atoms in total. The van der Waals surface area contributed by atoms with Crippen molar-refractivity contribution in [1.29, 1.82) is 0 Å². The van der Waals surface area contributed by atoms with E-state index in [1.165, 1.54) is 6.07 Å². The Hall–Kier alpha value is -3.42. The van der Waals surface area contributed by atoms with E-state index in [1.54, 1.807) is 18.2 Å². The highest BCUT2D eigenvalue weighted by atomic mass is 19.1. The lowest BCUT2D eigenvalue weighted by molar-refractivity contribution is -0.117. The molecule has 1 aliphatic carbocycles. The first-order chi connectivity index (χ1) is 14.9. The molecular formula is C23H28FN5O2. The molecular weight excluding hydrogens is 397 g/mol. The fourth-order valence-corrected chi connectivity index (χ4v) is 3.38. The van der Waals surface area contributed by atoms with Gasteiger partial charge in [0.15, 0.2) is 5.96 Å². The second kappa shape index (κ2) is 10.1. The van der Waals surface area contributed by atoms with E-state index in [9.17, 15) is 14.0 Å². The minimum absolute atomic E-state index is 0.163. The quantitative estimate of drug-likeness (QED) is 0.363. The molecule has 5 N–H and O–H groups in total. The second-order valence-electron chi connectivity index (χ2n) is 7.65. The van der Waals surface area contributed by atoms with Crippen LogP contribution in [-0.4, -0.2) is 37.4 Å². The van der Waals surface area contributed by atoms with Gasteiger partial charge in [-0.05, 0) is 49.1 Å². The van der Waals surface area contributed by atoms with Crippen LogP contribution < -0.4 is 21.7 Å². The molecule has 0 unspecified atom stereocenters. The van der Waals surface area contributed by atoms with Gasteiger partial charge in [0.25, 0.3) is 5.91 Å². The van der Waals surface area contributed by atoms with Crippen LogP contribution in [0.15, 0.2) is 53.5 Å². The zero-order chi connectivity index (χ0) is 22.3. The Balaban J connectivity index is 1.59. The fourth-order valence-electron chi connectivity index (χ4n) is 3.38. The van der Waals surface area contributed by atoms with E-state index in [4.69, 9.17) is 5.73 Å². The lowest BCUT2D eigenvalue weighted by atomic mass is 9.95. The van der Waals surface area contributed by atoms with Gasteiger partial charge in [0.05, 0.1) is 13.1 Å². The Morgan fingerprint density at radius 3 is 2.39 bits per heavy atom. The van der Waals surface area contributed by atoms with Crippen LogP contribution in [-0.2, 0) is 16.8 Å². The number of halogens is 1. The van der Waals surface area contributed by atoms with Gasteiger partial charge in [-0.25, -0.2) is 9.38 Å². The van der Waals surface area contributed by atoms with Gasteiger partial charge < -0.3 is 21.7 Å². The van der Waals surface area contributed by atoms with Gasteiger partial charge in [0, 0.05) is 24.1 Å². The predicted octanol–water partition coefficient (Wildman–Crippen LogP) is 1.83. The van der Waals surface area contributed by atoms with E-state index in [0.29, 0.717) is 31.2 Å². The number of hydrogen-bond donors (Lipinski definition) is 4. The first-order valence-corrected chi connectivity index (χ1v) is 10.4. The molecule has 0 aromatic heterocycles. The Kier molecular flexibility index (Phi) is 7.23. The number of nitrogens with zero attached hydrogens (tertiary/aromatic N) is 1. The maximum Gasteiger partial charge on any atom is 0.251 e. The number of rotatable bonds is 9. The molecule has 2 aromatic carbocycles. The number of carbonyl (C=O) groups is 2. The van der Waals surface area contributed by atoms with Crippen LogP contribution in [0.5, 0.6) is 0 Å². The molecule has 8 heteroatoms. The van der Waals surface area contributed by atoms with Gasteiger partial charge in [0.1, 0.15) is 5.82 Å². The van der Waals surface area contributed by atoms with Gasteiger partial charge in [-0.1, -0.05) is 30.3 Å².